The fourth-order valence-corrected chi connectivity index (χ4v) is 3.17. The summed E-state index contributed by atoms with van der Waals surface area (Å²) >= 11 is 0. The van der Waals surface area contributed by atoms with Crippen molar-refractivity contribution in [1.82, 2.24) is 4.98 Å². The third-order valence-electron chi connectivity index (χ3n) is 4.87. The van der Waals surface area contributed by atoms with Gasteiger partial charge in [-0.15, -0.1) is 0 Å². The number of aromatic nitrogens is 1. The summed E-state index contributed by atoms with van der Waals surface area (Å²) in [5.41, 5.74) is 2.14. The Kier molecular flexibility index (Phi) is 4.10. The van der Waals surface area contributed by atoms with Crippen LogP contribution in [0.4, 0.5) is 0 Å². The molecule has 1 unspecified atom stereocenters. The Morgan fingerprint density at radius 1 is 1.00 bits per heavy atom. The van der Waals surface area contributed by atoms with Gasteiger partial charge in [-0.05, 0) is 18.9 Å². The minimum absolute atomic E-state index is 0.0676. The molecule has 1 N–H and O–H groups in total. The Labute approximate surface area is 145 Å². The number of Topliss-reactive ketones (excluding diaryl/α,β-unsaturated/α-hetero) is 1. The number of esters is 1. The number of benzene rings is 2. The number of carbonyl (C=O) groups is 2. The first-order valence-electron chi connectivity index (χ1n) is 8.60. The first-order chi connectivity index (χ1) is 12.2. The monoisotopic (exact) mass is 333 g/mol. The fourth-order valence-electron chi connectivity index (χ4n) is 3.17. The molecule has 1 fully saturated rings. The predicted octanol–water partition coefficient (Wildman–Crippen LogP) is 4.44. The van der Waals surface area contributed by atoms with E-state index in [4.69, 9.17) is 4.74 Å². The summed E-state index contributed by atoms with van der Waals surface area (Å²) in [4.78, 5) is 28.7. The van der Waals surface area contributed by atoms with E-state index < -0.39 is 6.10 Å². The van der Waals surface area contributed by atoms with Crippen LogP contribution >= 0.6 is 0 Å². The van der Waals surface area contributed by atoms with Crippen LogP contribution in [0.1, 0.15) is 41.3 Å². The number of ketones is 1. The molecule has 4 rings (SSSR count). The molecule has 126 valence electrons. The van der Waals surface area contributed by atoms with E-state index in [9.17, 15) is 9.59 Å². The van der Waals surface area contributed by atoms with Gasteiger partial charge in [0.2, 0.25) is 5.78 Å². The second-order valence-electron chi connectivity index (χ2n) is 6.47. The largest absolute Gasteiger partial charge is 0.449 e. The standard InChI is InChI=1S/C21H19NO3/c23-19(17-13-22-18-12-5-4-11-16(17)18)20(14-7-2-1-3-8-14)25-21(24)15-9-6-10-15/h1-5,7-8,11-13,15,20,22H,6,9-10H2. The summed E-state index contributed by atoms with van der Waals surface area (Å²) in [7, 11) is 0. The summed E-state index contributed by atoms with van der Waals surface area (Å²) in [6.45, 7) is 0. The van der Waals surface area contributed by atoms with Crippen molar-refractivity contribution in [2.24, 2.45) is 5.92 Å². The molecule has 4 heteroatoms. The van der Waals surface area contributed by atoms with E-state index in [1.807, 2.05) is 54.6 Å². The first kappa shape index (κ1) is 15.6. The van der Waals surface area contributed by atoms with Crippen molar-refractivity contribution in [2.75, 3.05) is 0 Å². The van der Waals surface area contributed by atoms with Gasteiger partial charge in [0.15, 0.2) is 6.10 Å². The number of ether oxygens (including phenoxy) is 1. The number of H-pyrrole nitrogens is 1. The van der Waals surface area contributed by atoms with E-state index in [2.05, 4.69) is 4.98 Å². The number of hydrogen-bond acceptors (Lipinski definition) is 3. The molecular formula is C21H19NO3. The van der Waals surface area contributed by atoms with E-state index in [0.29, 0.717) is 11.1 Å². The minimum atomic E-state index is -0.909. The maximum Gasteiger partial charge on any atom is 0.310 e. The average molecular weight is 333 g/mol. The van der Waals surface area contributed by atoms with E-state index in [0.717, 1.165) is 30.2 Å². The van der Waals surface area contributed by atoms with E-state index in [-0.39, 0.29) is 17.7 Å². The SMILES string of the molecule is O=C(OC(C(=O)c1c[nH]c2ccccc12)c1ccccc1)C1CCC1. The van der Waals surface area contributed by atoms with Gasteiger partial charge in [0.25, 0.3) is 0 Å². The fraction of sp³-hybridized carbons (Fsp3) is 0.238. The molecule has 0 amide bonds. The average Bonchev–Trinajstić information content (AvgIpc) is 3.02. The lowest BCUT2D eigenvalue weighted by Crippen LogP contribution is -2.28. The molecule has 0 radical (unpaired) electrons. The number of fused-ring (bicyclic) bond motifs is 1. The summed E-state index contributed by atoms with van der Waals surface area (Å²) < 4.78 is 5.67. The highest BCUT2D eigenvalue weighted by Crippen LogP contribution is 2.32. The third kappa shape index (κ3) is 2.95. The molecule has 1 heterocycles. The Balaban J connectivity index is 1.69. The molecule has 25 heavy (non-hydrogen) atoms. The summed E-state index contributed by atoms with van der Waals surface area (Å²) in [5, 5.41) is 0.841. The van der Waals surface area contributed by atoms with Crippen molar-refractivity contribution in [2.45, 2.75) is 25.4 Å². The van der Waals surface area contributed by atoms with Crippen molar-refractivity contribution in [1.29, 1.82) is 0 Å². The molecule has 1 saturated carbocycles. The molecule has 0 bridgehead atoms. The minimum Gasteiger partial charge on any atom is -0.449 e. The molecule has 0 saturated heterocycles. The second-order valence-corrected chi connectivity index (χ2v) is 6.47. The zero-order chi connectivity index (χ0) is 17.2. The number of carbonyl (C=O) groups excluding carboxylic acids is 2. The van der Waals surface area contributed by atoms with Gasteiger partial charge in [-0.25, -0.2) is 0 Å². The lowest BCUT2D eigenvalue weighted by molar-refractivity contribution is -0.155. The Morgan fingerprint density at radius 2 is 1.72 bits per heavy atom. The van der Waals surface area contributed by atoms with Crippen molar-refractivity contribution >= 4 is 22.7 Å². The highest BCUT2D eigenvalue weighted by atomic mass is 16.5. The van der Waals surface area contributed by atoms with Crippen LogP contribution in [0.5, 0.6) is 0 Å². The van der Waals surface area contributed by atoms with Crippen LogP contribution in [0.15, 0.2) is 60.8 Å². The van der Waals surface area contributed by atoms with Gasteiger partial charge in [0.05, 0.1) is 5.92 Å². The van der Waals surface area contributed by atoms with Gasteiger partial charge in [0.1, 0.15) is 0 Å². The second kappa shape index (κ2) is 6.55. The van der Waals surface area contributed by atoms with Crippen LogP contribution < -0.4 is 0 Å². The summed E-state index contributed by atoms with van der Waals surface area (Å²) in [6, 6.07) is 16.9. The maximum atomic E-state index is 13.2. The number of hydrogen-bond donors (Lipinski definition) is 1. The highest BCUT2D eigenvalue weighted by molar-refractivity contribution is 6.10. The first-order valence-corrected chi connectivity index (χ1v) is 8.60. The molecule has 4 nitrogen and oxygen atoms in total. The van der Waals surface area contributed by atoms with Crippen LogP contribution in [0.25, 0.3) is 10.9 Å². The van der Waals surface area contributed by atoms with E-state index in [1.165, 1.54) is 0 Å². The van der Waals surface area contributed by atoms with Gasteiger partial charge in [-0.2, -0.15) is 0 Å². The summed E-state index contributed by atoms with van der Waals surface area (Å²) in [5.74, 6) is -0.536. The molecule has 3 aromatic rings. The van der Waals surface area contributed by atoms with E-state index in [1.54, 1.807) is 6.20 Å². The molecule has 1 aliphatic rings. The zero-order valence-corrected chi connectivity index (χ0v) is 13.8. The maximum absolute atomic E-state index is 13.2. The third-order valence-corrected chi connectivity index (χ3v) is 4.87. The van der Waals surface area contributed by atoms with Crippen LogP contribution in [-0.4, -0.2) is 16.7 Å². The van der Waals surface area contributed by atoms with Crippen LogP contribution in [0, 0.1) is 5.92 Å². The van der Waals surface area contributed by atoms with Gasteiger partial charge < -0.3 is 9.72 Å². The van der Waals surface area contributed by atoms with Crippen molar-refractivity contribution < 1.29 is 14.3 Å². The number of para-hydroxylation sites is 1. The van der Waals surface area contributed by atoms with Gasteiger partial charge in [-0.1, -0.05) is 55.0 Å². The molecule has 1 aromatic heterocycles. The number of aromatic amines is 1. The van der Waals surface area contributed by atoms with Crippen LogP contribution in [0.2, 0.25) is 0 Å². The highest BCUT2D eigenvalue weighted by Gasteiger charge is 2.33. The number of nitrogens with one attached hydrogen (secondary N) is 1. The molecular weight excluding hydrogens is 314 g/mol. The van der Waals surface area contributed by atoms with Crippen LogP contribution in [-0.2, 0) is 9.53 Å². The molecule has 1 atom stereocenters. The molecule has 2 aromatic carbocycles. The zero-order valence-electron chi connectivity index (χ0n) is 13.8. The van der Waals surface area contributed by atoms with Gasteiger partial charge in [-0.3, -0.25) is 9.59 Å². The van der Waals surface area contributed by atoms with Crippen molar-refractivity contribution in [3.05, 3.63) is 71.9 Å². The lowest BCUT2D eigenvalue weighted by Gasteiger charge is -2.26. The van der Waals surface area contributed by atoms with Crippen LogP contribution in [0.3, 0.4) is 0 Å². The predicted molar refractivity (Wildman–Crippen MR) is 95.2 cm³/mol. The number of rotatable bonds is 5. The van der Waals surface area contributed by atoms with Crippen molar-refractivity contribution in [3.63, 3.8) is 0 Å². The Bertz CT molecular complexity index is 909. The van der Waals surface area contributed by atoms with Crippen molar-refractivity contribution in [3.8, 4) is 0 Å². The van der Waals surface area contributed by atoms with Gasteiger partial charge in [0, 0.05) is 28.2 Å². The molecule has 0 spiro atoms. The topological polar surface area (TPSA) is 59.2 Å². The lowest BCUT2D eigenvalue weighted by atomic mass is 9.85. The smallest absolute Gasteiger partial charge is 0.310 e. The Morgan fingerprint density at radius 3 is 2.44 bits per heavy atom. The normalized spacial score (nSPS) is 15.5. The Hall–Kier alpha value is -2.88. The summed E-state index contributed by atoms with van der Waals surface area (Å²) in [6.07, 6.45) is 3.53. The van der Waals surface area contributed by atoms with E-state index >= 15 is 0 Å². The quantitative estimate of drug-likeness (QED) is 0.555. The molecule has 0 aliphatic heterocycles. The molecule has 1 aliphatic carbocycles. The van der Waals surface area contributed by atoms with Gasteiger partial charge >= 0.3 is 5.97 Å².